The number of benzene rings is 2. The largest absolute Gasteiger partial charge is 0.399 e. The topological polar surface area (TPSA) is 46.3 Å². The maximum Gasteiger partial charge on any atom is 0.227 e. The summed E-state index contributed by atoms with van der Waals surface area (Å²) < 4.78 is 0. The van der Waals surface area contributed by atoms with Gasteiger partial charge in [0.25, 0.3) is 0 Å². The summed E-state index contributed by atoms with van der Waals surface area (Å²) >= 11 is 6.14. The van der Waals surface area contributed by atoms with Crippen LogP contribution in [0.4, 0.5) is 5.69 Å². The highest BCUT2D eigenvalue weighted by Crippen LogP contribution is 2.20. The molecule has 0 fully saturated rings. The zero-order chi connectivity index (χ0) is 15.4. The Morgan fingerprint density at radius 1 is 1.19 bits per heavy atom. The Kier molecular flexibility index (Phi) is 4.86. The van der Waals surface area contributed by atoms with Gasteiger partial charge in [-0.05, 0) is 41.8 Å². The predicted molar refractivity (Wildman–Crippen MR) is 87.2 cm³/mol. The minimum absolute atomic E-state index is 0.0581. The summed E-state index contributed by atoms with van der Waals surface area (Å²) in [5.41, 5.74) is 9.44. The van der Waals surface area contributed by atoms with Crippen LogP contribution in [0.15, 0.2) is 42.5 Å². The molecule has 0 heterocycles. The number of halogens is 1. The average Bonchev–Trinajstić information content (AvgIpc) is 2.45. The third kappa shape index (κ3) is 3.99. The number of rotatable bonds is 4. The smallest absolute Gasteiger partial charge is 0.227 e. The van der Waals surface area contributed by atoms with E-state index in [-0.39, 0.29) is 5.91 Å². The van der Waals surface area contributed by atoms with Gasteiger partial charge >= 0.3 is 0 Å². The molecule has 3 nitrogen and oxygen atoms in total. The molecular weight excluding hydrogens is 284 g/mol. The molecule has 0 saturated heterocycles. The molecule has 21 heavy (non-hydrogen) atoms. The SMILES string of the molecule is Cc1ccccc1CC(=O)N(C)Cc1cc(N)ccc1Cl. The first-order valence-corrected chi connectivity index (χ1v) is 7.17. The number of amides is 1. The highest BCUT2D eigenvalue weighted by molar-refractivity contribution is 6.31. The Morgan fingerprint density at radius 3 is 2.62 bits per heavy atom. The van der Waals surface area contributed by atoms with Crippen molar-refractivity contribution in [1.29, 1.82) is 0 Å². The number of nitrogens with two attached hydrogens (primary N) is 1. The van der Waals surface area contributed by atoms with E-state index in [0.717, 1.165) is 16.7 Å². The zero-order valence-corrected chi connectivity index (χ0v) is 13.0. The van der Waals surface area contributed by atoms with Gasteiger partial charge in [0.2, 0.25) is 5.91 Å². The second kappa shape index (κ2) is 6.64. The maximum absolute atomic E-state index is 12.3. The fourth-order valence-electron chi connectivity index (χ4n) is 2.17. The monoisotopic (exact) mass is 302 g/mol. The van der Waals surface area contributed by atoms with Gasteiger partial charge < -0.3 is 10.6 Å². The van der Waals surface area contributed by atoms with E-state index in [4.69, 9.17) is 17.3 Å². The van der Waals surface area contributed by atoms with Gasteiger partial charge in [0.05, 0.1) is 6.42 Å². The molecule has 0 aliphatic heterocycles. The summed E-state index contributed by atoms with van der Waals surface area (Å²) in [7, 11) is 1.78. The van der Waals surface area contributed by atoms with Gasteiger partial charge in [-0.15, -0.1) is 0 Å². The lowest BCUT2D eigenvalue weighted by atomic mass is 10.1. The summed E-state index contributed by atoms with van der Waals surface area (Å²) in [4.78, 5) is 14.0. The first-order chi connectivity index (χ1) is 9.97. The standard InChI is InChI=1S/C17H19ClN2O/c1-12-5-3-4-6-13(12)10-17(21)20(2)11-14-9-15(19)7-8-16(14)18/h3-9H,10-11,19H2,1-2H3. The normalized spacial score (nSPS) is 10.4. The summed E-state index contributed by atoms with van der Waals surface area (Å²) in [6.45, 7) is 2.46. The van der Waals surface area contributed by atoms with Crippen LogP contribution in [0.25, 0.3) is 0 Å². The second-order valence-corrected chi connectivity index (χ2v) is 5.61. The van der Waals surface area contributed by atoms with Gasteiger partial charge in [-0.25, -0.2) is 0 Å². The molecule has 4 heteroatoms. The van der Waals surface area contributed by atoms with Crippen LogP contribution < -0.4 is 5.73 Å². The van der Waals surface area contributed by atoms with Crippen molar-refractivity contribution in [1.82, 2.24) is 4.90 Å². The van der Waals surface area contributed by atoms with Crippen molar-refractivity contribution in [3.8, 4) is 0 Å². The quantitative estimate of drug-likeness (QED) is 0.880. The fraction of sp³-hybridized carbons (Fsp3) is 0.235. The van der Waals surface area contributed by atoms with Gasteiger partial charge in [0.15, 0.2) is 0 Å². The lowest BCUT2D eigenvalue weighted by Crippen LogP contribution is -2.28. The summed E-state index contributed by atoms with van der Waals surface area (Å²) in [5, 5.41) is 0.625. The number of anilines is 1. The zero-order valence-electron chi connectivity index (χ0n) is 12.3. The van der Waals surface area contributed by atoms with Crippen molar-refractivity contribution < 1.29 is 4.79 Å². The van der Waals surface area contributed by atoms with E-state index >= 15 is 0 Å². The molecule has 0 aliphatic rings. The fourth-order valence-corrected chi connectivity index (χ4v) is 2.34. The lowest BCUT2D eigenvalue weighted by molar-refractivity contribution is -0.129. The molecule has 2 aromatic carbocycles. The van der Waals surface area contributed by atoms with Gasteiger partial charge in [-0.3, -0.25) is 4.79 Å². The second-order valence-electron chi connectivity index (χ2n) is 5.20. The molecule has 110 valence electrons. The molecular formula is C17H19ClN2O. The molecule has 0 saturated carbocycles. The highest BCUT2D eigenvalue weighted by Gasteiger charge is 2.13. The van der Waals surface area contributed by atoms with Crippen molar-refractivity contribution >= 4 is 23.2 Å². The number of aryl methyl sites for hydroxylation is 1. The van der Waals surface area contributed by atoms with Gasteiger partial charge in [0.1, 0.15) is 0 Å². The number of nitrogen functional groups attached to an aromatic ring is 1. The Morgan fingerprint density at radius 2 is 1.90 bits per heavy atom. The van der Waals surface area contributed by atoms with Crippen LogP contribution in [0.1, 0.15) is 16.7 Å². The Balaban J connectivity index is 2.06. The Bertz CT molecular complexity index is 655. The van der Waals surface area contributed by atoms with Crippen LogP contribution >= 0.6 is 11.6 Å². The number of likely N-dealkylation sites (N-methyl/N-ethyl adjacent to an activating group) is 1. The van der Waals surface area contributed by atoms with Crippen molar-refractivity contribution in [2.45, 2.75) is 19.9 Å². The van der Waals surface area contributed by atoms with Crippen LogP contribution in [0, 0.1) is 6.92 Å². The molecule has 2 aromatic rings. The number of hydrogen-bond acceptors (Lipinski definition) is 2. The molecule has 0 radical (unpaired) electrons. The van der Waals surface area contributed by atoms with E-state index in [1.165, 1.54) is 0 Å². The molecule has 0 bridgehead atoms. The maximum atomic E-state index is 12.3. The molecule has 0 aliphatic carbocycles. The number of hydrogen-bond donors (Lipinski definition) is 1. The van der Waals surface area contributed by atoms with Crippen molar-refractivity contribution in [2.24, 2.45) is 0 Å². The van der Waals surface area contributed by atoms with Crippen LogP contribution in [0.5, 0.6) is 0 Å². The van der Waals surface area contributed by atoms with Crippen molar-refractivity contribution in [3.63, 3.8) is 0 Å². The molecule has 0 aromatic heterocycles. The minimum atomic E-state index is 0.0581. The summed E-state index contributed by atoms with van der Waals surface area (Å²) in [6.07, 6.45) is 0.392. The van der Waals surface area contributed by atoms with Crippen molar-refractivity contribution in [3.05, 3.63) is 64.2 Å². The number of nitrogens with zero attached hydrogens (tertiary/aromatic N) is 1. The lowest BCUT2D eigenvalue weighted by Gasteiger charge is -2.19. The van der Waals surface area contributed by atoms with E-state index in [0.29, 0.717) is 23.7 Å². The average molecular weight is 303 g/mol. The first kappa shape index (κ1) is 15.4. The third-order valence-electron chi connectivity index (χ3n) is 3.51. The molecule has 0 atom stereocenters. The molecule has 1 amide bonds. The predicted octanol–water partition coefficient (Wildman–Crippen LogP) is 3.43. The van der Waals surface area contributed by atoms with Gasteiger partial charge in [-0.2, -0.15) is 0 Å². The van der Waals surface area contributed by atoms with Gasteiger partial charge in [-0.1, -0.05) is 35.9 Å². The van der Waals surface area contributed by atoms with E-state index in [2.05, 4.69) is 0 Å². The Labute approximate surface area is 130 Å². The van der Waals surface area contributed by atoms with Crippen molar-refractivity contribution in [2.75, 3.05) is 12.8 Å². The van der Waals surface area contributed by atoms with E-state index in [1.54, 1.807) is 30.1 Å². The van der Waals surface area contributed by atoms with Gasteiger partial charge in [0, 0.05) is 24.3 Å². The molecule has 2 N–H and O–H groups in total. The minimum Gasteiger partial charge on any atom is -0.399 e. The molecule has 0 spiro atoms. The summed E-state index contributed by atoms with van der Waals surface area (Å²) in [5.74, 6) is 0.0581. The first-order valence-electron chi connectivity index (χ1n) is 6.79. The molecule has 2 rings (SSSR count). The molecule has 0 unspecified atom stereocenters. The highest BCUT2D eigenvalue weighted by atomic mass is 35.5. The van der Waals surface area contributed by atoms with E-state index in [1.807, 2.05) is 31.2 Å². The van der Waals surface area contributed by atoms with Crippen LogP contribution in [0.2, 0.25) is 5.02 Å². The Hall–Kier alpha value is -2.00. The van der Waals surface area contributed by atoms with E-state index < -0.39 is 0 Å². The summed E-state index contributed by atoms with van der Waals surface area (Å²) in [6, 6.07) is 13.2. The van der Waals surface area contributed by atoms with Crippen LogP contribution in [-0.2, 0) is 17.8 Å². The third-order valence-corrected chi connectivity index (χ3v) is 3.87. The number of carbonyl (C=O) groups excluding carboxylic acids is 1. The van der Waals surface area contributed by atoms with Crippen LogP contribution in [0.3, 0.4) is 0 Å². The van der Waals surface area contributed by atoms with Crippen LogP contribution in [-0.4, -0.2) is 17.9 Å². The number of carbonyl (C=O) groups is 1. The van der Waals surface area contributed by atoms with E-state index in [9.17, 15) is 4.79 Å².